The molecule has 0 radical (unpaired) electrons. The molecule has 1 amide bonds. The first-order valence-corrected chi connectivity index (χ1v) is 5.58. The lowest BCUT2D eigenvalue weighted by molar-refractivity contribution is 0.0939. The van der Waals surface area contributed by atoms with E-state index in [0.29, 0.717) is 18.3 Å². The zero-order valence-corrected chi connectivity index (χ0v) is 10.8. The summed E-state index contributed by atoms with van der Waals surface area (Å²) in [5.74, 6) is -0.0746. The molecular formula is C10H16BrN3O. The highest BCUT2D eigenvalue weighted by Crippen LogP contribution is 2.10. The maximum absolute atomic E-state index is 11.6. The van der Waals surface area contributed by atoms with Gasteiger partial charge in [0, 0.05) is 23.3 Å². The molecule has 0 spiro atoms. The van der Waals surface area contributed by atoms with Crippen molar-refractivity contribution in [2.24, 2.45) is 0 Å². The lowest BCUT2D eigenvalue weighted by Gasteiger charge is -2.19. The SMILES string of the molecule is C[C@@H](CNC(=O)c1cc(Br)c[nH]1)N(C)C. The maximum atomic E-state index is 11.6. The normalized spacial score (nSPS) is 12.9. The second kappa shape index (κ2) is 5.32. The number of aromatic nitrogens is 1. The molecule has 4 nitrogen and oxygen atoms in total. The number of H-pyrrole nitrogens is 1. The molecule has 2 N–H and O–H groups in total. The van der Waals surface area contributed by atoms with Gasteiger partial charge in [-0.15, -0.1) is 0 Å². The van der Waals surface area contributed by atoms with Crippen LogP contribution in [0.25, 0.3) is 0 Å². The standard InChI is InChI=1S/C10H16BrN3O/c1-7(14(2)3)5-13-10(15)9-4-8(11)6-12-9/h4,6-7,12H,5H2,1-3H3,(H,13,15)/t7-/m0/s1. The van der Waals surface area contributed by atoms with Crippen LogP contribution in [0.1, 0.15) is 17.4 Å². The minimum Gasteiger partial charge on any atom is -0.356 e. The summed E-state index contributed by atoms with van der Waals surface area (Å²) in [6.45, 7) is 2.70. The Bertz CT molecular complexity index is 335. The number of halogens is 1. The van der Waals surface area contributed by atoms with E-state index in [0.717, 1.165) is 4.47 Å². The van der Waals surface area contributed by atoms with Gasteiger partial charge >= 0.3 is 0 Å². The number of nitrogens with zero attached hydrogens (tertiary/aromatic N) is 1. The average Bonchev–Trinajstić information content (AvgIpc) is 2.60. The van der Waals surface area contributed by atoms with Crippen LogP contribution in [0.4, 0.5) is 0 Å². The van der Waals surface area contributed by atoms with Gasteiger partial charge in [-0.1, -0.05) is 0 Å². The third kappa shape index (κ3) is 3.68. The minimum atomic E-state index is -0.0746. The quantitative estimate of drug-likeness (QED) is 0.873. The number of amides is 1. The molecule has 0 bridgehead atoms. The van der Waals surface area contributed by atoms with Crippen LogP contribution in [-0.2, 0) is 0 Å². The van der Waals surface area contributed by atoms with Gasteiger partial charge < -0.3 is 15.2 Å². The van der Waals surface area contributed by atoms with Gasteiger partial charge in [-0.2, -0.15) is 0 Å². The highest BCUT2D eigenvalue weighted by Gasteiger charge is 2.10. The zero-order chi connectivity index (χ0) is 11.4. The van der Waals surface area contributed by atoms with E-state index in [2.05, 4.69) is 38.1 Å². The molecule has 1 aromatic rings. The van der Waals surface area contributed by atoms with Crippen molar-refractivity contribution < 1.29 is 4.79 Å². The number of aromatic amines is 1. The molecule has 0 aliphatic carbocycles. The predicted octanol–water partition coefficient (Wildman–Crippen LogP) is 1.46. The van der Waals surface area contributed by atoms with E-state index in [1.807, 2.05) is 14.1 Å². The van der Waals surface area contributed by atoms with E-state index in [-0.39, 0.29) is 5.91 Å². The first-order chi connectivity index (χ1) is 7.00. The third-order valence-corrected chi connectivity index (χ3v) is 2.79. The smallest absolute Gasteiger partial charge is 0.267 e. The first kappa shape index (κ1) is 12.3. The van der Waals surface area contributed by atoms with Crippen LogP contribution in [0, 0.1) is 0 Å². The lowest BCUT2D eigenvalue weighted by Crippen LogP contribution is -2.38. The van der Waals surface area contributed by atoms with Crippen molar-refractivity contribution in [3.05, 3.63) is 22.4 Å². The van der Waals surface area contributed by atoms with Gasteiger partial charge in [0.05, 0.1) is 0 Å². The second-order valence-electron chi connectivity index (χ2n) is 3.75. The molecule has 1 rings (SSSR count). The van der Waals surface area contributed by atoms with Gasteiger partial charge in [-0.25, -0.2) is 0 Å². The Balaban J connectivity index is 2.43. The number of carbonyl (C=O) groups excluding carboxylic acids is 1. The summed E-state index contributed by atoms with van der Waals surface area (Å²) in [5.41, 5.74) is 0.577. The largest absolute Gasteiger partial charge is 0.356 e. The van der Waals surface area contributed by atoms with Crippen molar-refractivity contribution in [2.75, 3.05) is 20.6 Å². The molecule has 84 valence electrons. The molecule has 0 aliphatic rings. The second-order valence-corrected chi connectivity index (χ2v) is 4.67. The average molecular weight is 274 g/mol. The number of hydrogen-bond acceptors (Lipinski definition) is 2. The number of hydrogen-bond donors (Lipinski definition) is 2. The summed E-state index contributed by atoms with van der Waals surface area (Å²) in [6, 6.07) is 2.09. The number of carbonyl (C=O) groups is 1. The monoisotopic (exact) mass is 273 g/mol. The van der Waals surface area contributed by atoms with Crippen molar-refractivity contribution in [1.82, 2.24) is 15.2 Å². The Kier molecular flexibility index (Phi) is 4.35. The minimum absolute atomic E-state index is 0.0746. The van der Waals surface area contributed by atoms with E-state index in [9.17, 15) is 4.79 Å². The summed E-state index contributed by atoms with van der Waals surface area (Å²) in [7, 11) is 3.98. The van der Waals surface area contributed by atoms with E-state index < -0.39 is 0 Å². The van der Waals surface area contributed by atoms with Crippen molar-refractivity contribution in [3.63, 3.8) is 0 Å². The van der Waals surface area contributed by atoms with Crippen LogP contribution in [-0.4, -0.2) is 42.5 Å². The van der Waals surface area contributed by atoms with Gasteiger partial charge in [0.25, 0.3) is 5.91 Å². The Morgan fingerprint density at radius 2 is 2.33 bits per heavy atom. The molecule has 0 aliphatic heterocycles. The van der Waals surface area contributed by atoms with Crippen LogP contribution in [0.3, 0.4) is 0 Å². The molecule has 0 saturated heterocycles. The first-order valence-electron chi connectivity index (χ1n) is 4.79. The highest BCUT2D eigenvalue weighted by molar-refractivity contribution is 9.10. The molecule has 0 saturated carbocycles. The molecule has 15 heavy (non-hydrogen) atoms. The van der Waals surface area contributed by atoms with Gasteiger partial charge in [-0.3, -0.25) is 4.79 Å². The van der Waals surface area contributed by atoms with Crippen molar-refractivity contribution in [2.45, 2.75) is 13.0 Å². The van der Waals surface area contributed by atoms with Crippen molar-refractivity contribution in [1.29, 1.82) is 0 Å². The predicted molar refractivity (Wildman–Crippen MR) is 64.0 cm³/mol. The zero-order valence-electron chi connectivity index (χ0n) is 9.17. The molecule has 0 aromatic carbocycles. The van der Waals surface area contributed by atoms with Gasteiger partial charge in [0.2, 0.25) is 0 Å². The number of likely N-dealkylation sites (N-methyl/N-ethyl adjacent to an activating group) is 1. The molecule has 0 fully saturated rings. The van der Waals surface area contributed by atoms with Crippen LogP contribution in [0.2, 0.25) is 0 Å². The van der Waals surface area contributed by atoms with E-state index in [4.69, 9.17) is 0 Å². The van der Waals surface area contributed by atoms with Crippen LogP contribution < -0.4 is 5.32 Å². The fraction of sp³-hybridized carbons (Fsp3) is 0.500. The third-order valence-electron chi connectivity index (χ3n) is 2.33. The molecule has 1 heterocycles. The summed E-state index contributed by atoms with van der Waals surface area (Å²) >= 11 is 3.28. The molecular weight excluding hydrogens is 258 g/mol. The molecule has 5 heteroatoms. The van der Waals surface area contributed by atoms with E-state index in [1.165, 1.54) is 0 Å². The van der Waals surface area contributed by atoms with Gasteiger partial charge in [0.1, 0.15) is 5.69 Å². The summed E-state index contributed by atoms with van der Waals surface area (Å²) in [5, 5.41) is 2.86. The lowest BCUT2D eigenvalue weighted by atomic mass is 10.3. The number of rotatable bonds is 4. The Hall–Kier alpha value is -0.810. The molecule has 1 atom stereocenters. The van der Waals surface area contributed by atoms with Gasteiger partial charge in [0.15, 0.2) is 0 Å². The Morgan fingerprint density at radius 1 is 1.67 bits per heavy atom. The summed E-state index contributed by atoms with van der Waals surface area (Å²) in [6.07, 6.45) is 1.74. The fourth-order valence-electron chi connectivity index (χ4n) is 1.02. The Labute approximate surface area is 98.2 Å². The summed E-state index contributed by atoms with van der Waals surface area (Å²) in [4.78, 5) is 16.5. The highest BCUT2D eigenvalue weighted by atomic mass is 79.9. The summed E-state index contributed by atoms with van der Waals surface area (Å²) < 4.78 is 0.883. The van der Waals surface area contributed by atoms with Gasteiger partial charge in [-0.05, 0) is 43.0 Å². The van der Waals surface area contributed by atoms with Crippen LogP contribution >= 0.6 is 15.9 Å². The van der Waals surface area contributed by atoms with E-state index in [1.54, 1.807) is 12.3 Å². The van der Waals surface area contributed by atoms with Crippen LogP contribution in [0.15, 0.2) is 16.7 Å². The van der Waals surface area contributed by atoms with Crippen molar-refractivity contribution in [3.8, 4) is 0 Å². The maximum Gasteiger partial charge on any atom is 0.267 e. The topological polar surface area (TPSA) is 48.1 Å². The van der Waals surface area contributed by atoms with E-state index >= 15 is 0 Å². The molecule has 1 aromatic heterocycles. The fourth-order valence-corrected chi connectivity index (χ4v) is 1.36. The van der Waals surface area contributed by atoms with Crippen LogP contribution in [0.5, 0.6) is 0 Å². The number of nitrogens with one attached hydrogen (secondary N) is 2. The molecule has 0 unspecified atom stereocenters. The Morgan fingerprint density at radius 3 is 2.80 bits per heavy atom. The van der Waals surface area contributed by atoms with Crippen molar-refractivity contribution >= 4 is 21.8 Å².